The van der Waals surface area contributed by atoms with E-state index in [-0.39, 0.29) is 11.6 Å². The predicted octanol–water partition coefficient (Wildman–Crippen LogP) is -0.225. The third kappa shape index (κ3) is 3.30. The fourth-order valence-electron chi connectivity index (χ4n) is 2.69. The highest BCUT2D eigenvalue weighted by Crippen LogP contribution is 2.30. The van der Waals surface area contributed by atoms with Crippen molar-refractivity contribution < 1.29 is 9.47 Å². The average molecular weight is 269 g/mol. The van der Waals surface area contributed by atoms with E-state index < -0.39 is 0 Å². The minimum Gasteiger partial charge on any atom is -0.381 e. The van der Waals surface area contributed by atoms with Gasteiger partial charge in [-0.3, -0.25) is 16.0 Å². The summed E-state index contributed by atoms with van der Waals surface area (Å²) in [6, 6.07) is 0.00745. The Morgan fingerprint density at radius 1 is 1.58 bits per heavy atom. The number of aryl methyl sites for hydroxylation is 1. The number of nitrogens with one attached hydrogen (secondary N) is 1. The van der Waals surface area contributed by atoms with Crippen LogP contribution in [0.25, 0.3) is 0 Å². The Hall–Kier alpha value is -1.02. The zero-order valence-corrected chi connectivity index (χ0v) is 11.6. The second kappa shape index (κ2) is 6.42. The molecule has 2 rings (SSSR count). The molecular formula is C12H23N5O2. The van der Waals surface area contributed by atoms with Crippen LogP contribution >= 0.6 is 0 Å². The summed E-state index contributed by atoms with van der Waals surface area (Å²) >= 11 is 0. The number of hydrazine groups is 1. The topological polar surface area (TPSA) is 87.2 Å². The largest absolute Gasteiger partial charge is 0.381 e. The third-order valence-electron chi connectivity index (χ3n) is 3.67. The highest BCUT2D eigenvalue weighted by Gasteiger charge is 2.41. The van der Waals surface area contributed by atoms with Gasteiger partial charge in [-0.25, -0.2) is 0 Å². The van der Waals surface area contributed by atoms with Crippen molar-refractivity contribution in [2.75, 3.05) is 19.8 Å². The molecule has 1 fully saturated rings. The predicted molar refractivity (Wildman–Crippen MR) is 70.2 cm³/mol. The maximum atomic E-state index is 6.02. The molecule has 1 aromatic rings. The monoisotopic (exact) mass is 269 g/mol. The van der Waals surface area contributed by atoms with Crippen LogP contribution in [0, 0.1) is 0 Å². The van der Waals surface area contributed by atoms with Gasteiger partial charge in [0.05, 0.1) is 17.3 Å². The Bertz CT molecular complexity index is 384. The molecule has 0 bridgehead atoms. The molecule has 1 aliphatic heterocycles. The highest BCUT2D eigenvalue weighted by atomic mass is 16.5. The second-order valence-electron chi connectivity index (χ2n) is 4.92. The molecule has 0 spiro atoms. The van der Waals surface area contributed by atoms with Gasteiger partial charge in [0, 0.05) is 52.3 Å². The summed E-state index contributed by atoms with van der Waals surface area (Å²) in [5.41, 5.74) is 3.53. The lowest BCUT2D eigenvalue weighted by Crippen LogP contribution is -2.58. The van der Waals surface area contributed by atoms with Crippen LogP contribution in [0.4, 0.5) is 0 Å². The maximum Gasteiger partial charge on any atom is 0.0895 e. The van der Waals surface area contributed by atoms with E-state index in [1.165, 1.54) is 0 Å². The number of nitrogens with two attached hydrogens (primary N) is 1. The Morgan fingerprint density at radius 2 is 2.32 bits per heavy atom. The molecule has 108 valence electrons. The van der Waals surface area contributed by atoms with Crippen LogP contribution in [0.2, 0.25) is 0 Å². The zero-order chi connectivity index (χ0) is 13.7. The number of ether oxygens (including phenoxy) is 2. The minimum absolute atomic E-state index is 0.00745. The SMILES string of the molecule is CCOC1(C(Cc2cn(C)nn2)NN)CCOCC1. The van der Waals surface area contributed by atoms with Crippen LogP contribution in [-0.2, 0) is 22.9 Å². The lowest BCUT2D eigenvalue weighted by molar-refractivity contribution is -0.126. The number of rotatable bonds is 6. The summed E-state index contributed by atoms with van der Waals surface area (Å²) < 4.78 is 13.2. The molecule has 1 atom stereocenters. The van der Waals surface area contributed by atoms with Crippen LogP contribution in [-0.4, -0.2) is 46.5 Å². The van der Waals surface area contributed by atoms with E-state index in [1.807, 2.05) is 20.2 Å². The summed E-state index contributed by atoms with van der Waals surface area (Å²) in [5.74, 6) is 5.75. The first-order valence-corrected chi connectivity index (χ1v) is 6.73. The van der Waals surface area contributed by atoms with Gasteiger partial charge >= 0.3 is 0 Å². The van der Waals surface area contributed by atoms with Crippen molar-refractivity contribution in [2.45, 2.75) is 37.8 Å². The molecule has 0 radical (unpaired) electrons. The highest BCUT2D eigenvalue weighted by molar-refractivity contribution is 5.03. The maximum absolute atomic E-state index is 6.02. The van der Waals surface area contributed by atoms with E-state index in [4.69, 9.17) is 15.3 Å². The summed E-state index contributed by atoms with van der Waals surface area (Å²) in [5, 5.41) is 8.07. The normalized spacial score (nSPS) is 20.4. The quantitative estimate of drug-likeness (QED) is 0.548. The van der Waals surface area contributed by atoms with Gasteiger partial charge in [-0.05, 0) is 6.92 Å². The lowest BCUT2D eigenvalue weighted by atomic mass is 9.84. The second-order valence-corrected chi connectivity index (χ2v) is 4.92. The smallest absolute Gasteiger partial charge is 0.0895 e. The van der Waals surface area contributed by atoms with Crippen molar-refractivity contribution in [3.8, 4) is 0 Å². The summed E-state index contributed by atoms with van der Waals surface area (Å²) in [6.45, 7) is 4.09. The van der Waals surface area contributed by atoms with Gasteiger partial charge in [0.25, 0.3) is 0 Å². The van der Waals surface area contributed by atoms with E-state index >= 15 is 0 Å². The minimum atomic E-state index is -0.279. The van der Waals surface area contributed by atoms with Crippen molar-refractivity contribution in [3.63, 3.8) is 0 Å². The van der Waals surface area contributed by atoms with Crippen LogP contribution < -0.4 is 11.3 Å². The molecule has 1 saturated heterocycles. The van der Waals surface area contributed by atoms with Crippen LogP contribution in [0.5, 0.6) is 0 Å². The van der Waals surface area contributed by atoms with E-state index in [1.54, 1.807) is 4.68 Å². The van der Waals surface area contributed by atoms with Gasteiger partial charge < -0.3 is 9.47 Å². The van der Waals surface area contributed by atoms with Crippen molar-refractivity contribution in [3.05, 3.63) is 11.9 Å². The van der Waals surface area contributed by atoms with Gasteiger partial charge in [0.2, 0.25) is 0 Å². The molecule has 1 unspecified atom stereocenters. The Kier molecular flexibility index (Phi) is 4.87. The molecule has 0 saturated carbocycles. The van der Waals surface area contributed by atoms with Gasteiger partial charge in [-0.1, -0.05) is 5.21 Å². The van der Waals surface area contributed by atoms with Crippen molar-refractivity contribution in [2.24, 2.45) is 12.9 Å². The summed E-state index contributed by atoms with van der Waals surface area (Å²) in [6.07, 6.45) is 4.29. The molecule has 3 N–H and O–H groups in total. The van der Waals surface area contributed by atoms with E-state index in [0.29, 0.717) is 26.2 Å². The molecule has 0 amide bonds. The Morgan fingerprint density at radius 3 is 2.84 bits per heavy atom. The zero-order valence-electron chi connectivity index (χ0n) is 11.6. The molecule has 19 heavy (non-hydrogen) atoms. The third-order valence-corrected chi connectivity index (χ3v) is 3.67. The Labute approximate surface area is 113 Å². The Balaban J connectivity index is 2.12. The van der Waals surface area contributed by atoms with Crippen molar-refractivity contribution in [1.29, 1.82) is 0 Å². The van der Waals surface area contributed by atoms with Crippen LogP contribution in [0.3, 0.4) is 0 Å². The fourth-order valence-corrected chi connectivity index (χ4v) is 2.69. The molecule has 0 aromatic carbocycles. The van der Waals surface area contributed by atoms with E-state index in [9.17, 15) is 0 Å². The molecule has 2 heterocycles. The van der Waals surface area contributed by atoms with Gasteiger partial charge in [-0.2, -0.15) is 0 Å². The lowest BCUT2D eigenvalue weighted by Gasteiger charge is -2.42. The van der Waals surface area contributed by atoms with Gasteiger partial charge in [0.1, 0.15) is 0 Å². The fraction of sp³-hybridized carbons (Fsp3) is 0.833. The standard InChI is InChI=1S/C12H23N5O2/c1-3-19-12(4-6-18-7-5-12)11(14-13)8-10-9-17(2)16-15-10/h9,11,14H,3-8,13H2,1-2H3. The number of nitrogens with zero attached hydrogens (tertiary/aromatic N) is 3. The van der Waals surface area contributed by atoms with Crippen molar-refractivity contribution >= 4 is 0 Å². The van der Waals surface area contributed by atoms with Crippen LogP contribution in [0.15, 0.2) is 6.20 Å². The van der Waals surface area contributed by atoms with Gasteiger partial charge in [0.15, 0.2) is 0 Å². The molecule has 7 nitrogen and oxygen atoms in total. The number of hydrogen-bond donors (Lipinski definition) is 2. The van der Waals surface area contributed by atoms with Gasteiger partial charge in [-0.15, -0.1) is 5.10 Å². The first kappa shape index (κ1) is 14.4. The molecule has 0 aliphatic carbocycles. The number of aromatic nitrogens is 3. The number of hydrogen-bond acceptors (Lipinski definition) is 6. The first-order valence-electron chi connectivity index (χ1n) is 6.73. The van der Waals surface area contributed by atoms with Crippen LogP contribution in [0.1, 0.15) is 25.5 Å². The molecular weight excluding hydrogens is 246 g/mol. The molecule has 1 aliphatic rings. The summed E-state index contributed by atoms with van der Waals surface area (Å²) in [7, 11) is 1.86. The first-order chi connectivity index (χ1) is 9.20. The van der Waals surface area contributed by atoms with Crippen molar-refractivity contribution in [1.82, 2.24) is 20.4 Å². The van der Waals surface area contributed by atoms with E-state index in [0.717, 1.165) is 18.5 Å². The summed E-state index contributed by atoms with van der Waals surface area (Å²) in [4.78, 5) is 0. The average Bonchev–Trinajstić information content (AvgIpc) is 2.83. The molecule has 7 heteroatoms. The molecule has 1 aromatic heterocycles. The van der Waals surface area contributed by atoms with E-state index in [2.05, 4.69) is 15.7 Å².